The molecule has 0 radical (unpaired) electrons. The molecule has 1 saturated carbocycles. The van der Waals surface area contributed by atoms with E-state index in [0.717, 1.165) is 25.1 Å². The molecule has 0 aromatic heterocycles. The minimum Gasteiger partial charge on any atom is -0.370 e. The average molecular weight is 206 g/mol. The lowest BCUT2D eigenvalue weighted by Crippen LogP contribution is -2.35. The molecular weight excluding hydrogens is 194 g/mol. The van der Waals surface area contributed by atoms with E-state index in [9.17, 15) is 0 Å². The van der Waals surface area contributed by atoms with E-state index in [1.807, 2.05) is 0 Å². The molecule has 1 heterocycles. The molecule has 0 amide bonds. The van der Waals surface area contributed by atoms with Crippen molar-refractivity contribution in [1.82, 2.24) is 4.90 Å². The van der Waals surface area contributed by atoms with Gasteiger partial charge in [0.2, 0.25) is 0 Å². The largest absolute Gasteiger partial charge is 0.370 e. The van der Waals surface area contributed by atoms with Crippen LogP contribution in [0.4, 0.5) is 0 Å². The Balaban J connectivity index is 0.000000500. The van der Waals surface area contributed by atoms with Gasteiger partial charge in [0.05, 0.1) is 6.54 Å². The van der Waals surface area contributed by atoms with Crippen LogP contribution in [0.1, 0.15) is 12.8 Å². The SMILES string of the molecule is Br.NC1=NCCN1C1CC1. The van der Waals surface area contributed by atoms with Crippen LogP contribution in [0.15, 0.2) is 4.99 Å². The molecule has 1 fully saturated rings. The van der Waals surface area contributed by atoms with Crippen LogP contribution in [0.3, 0.4) is 0 Å². The summed E-state index contributed by atoms with van der Waals surface area (Å²) in [7, 11) is 0. The second-order valence-corrected chi connectivity index (χ2v) is 2.66. The lowest BCUT2D eigenvalue weighted by molar-refractivity contribution is 0.444. The molecule has 2 aliphatic rings. The van der Waals surface area contributed by atoms with Gasteiger partial charge in [-0.3, -0.25) is 4.99 Å². The highest BCUT2D eigenvalue weighted by molar-refractivity contribution is 8.93. The van der Waals surface area contributed by atoms with Crippen LogP contribution in [0.25, 0.3) is 0 Å². The van der Waals surface area contributed by atoms with Gasteiger partial charge in [-0.2, -0.15) is 0 Å². The third-order valence-electron chi connectivity index (χ3n) is 1.90. The van der Waals surface area contributed by atoms with Crippen molar-refractivity contribution in [3.05, 3.63) is 0 Å². The lowest BCUT2D eigenvalue weighted by Gasteiger charge is -2.15. The molecule has 0 saturated heterocycles. The fourth-order valence-corrected chi connectivity index (χ4v) is 1.23. The zero-order valence-electron chi connectivity index (χ0n) is 5.79. The first-order valence-electron chi connectivity index (χ1n) is 3.44. The van der Waals surface area contributed by atoms with Gasteiger partial charge < -0.3 is 10.6 Å². The van der Waals surface area contributed by atoms with E-state index in [0.29, 0.717) is 0 Å². The van der Waals surface area contributed by atoms with Gasteiger partial charge in [0, 0.05) is 12.6 Å². The summed E-state index contributed by atoms with van der Waals surface area (Å²) < 4.78 is 0. The third kappa shape index (κ3) is 1.26. The number of aliphatic imine (C=N–C) groups is 1. The van der Waals surface area contributed by atoms with Gasteiger partial charge in [-0.1, -0.05) is 0 Å². The Labute approximate surface area is 71.1 Å². The van der Waals surface area contributed by atoms with Crippen LogP contribution in [0, 0.1) is 0 Å². The molecule has 0 bridgehead atoms. The van der Waals surface area contributed by atoms with E-state index in [1.165, 1.54) is 12.8 Å². The van der Waals surface area contributed by atoms with Crippen molar-refractivity contribution in [1.29, 1.82) is 0 Å². The second-order valence-electron chi connectivity index (χ2n) is 2.66. The van der Waals surface area contributed by atoms with Gasteiger partial charge in [-0.25, -0.2) is 0 Å². The van der Waals surface area contributed by atoms with Gasteiger partial charge in [-0.05, 0) is 12.8 Å². The van der Waals surface area contributed by atoms with Crippen LogP contribution in [0.2, 0.25) is 0 Å². The third-order valence-corrected chi connectivity index (χ3v) is 1.90. The number of halogens is 1. The number of nitrogens with zero attached hydrogens (tertiary/aromatic N) is 2. The molecular formula is C6H12BrN3. The Morgan fingerprint density at radius 1 is 1.50 bits per heavy atom. The van der Waals surface area contributed by atoms with Crippen LogP contribution in [-0.2, 0) is 0 Å². The number of guanidine groups is 1. The summed E-state index contributed by atoms with van der Waals surface area (Å²) >= 11 is 0. The molecule has 10 heavy (non-hydrogen) atoms. The summed E-state index contributed by atoms with van der Waals surface area (Å²) in [6.07, 6.45) is 2.63. The van der Waals surface area contributed by atoms with E-state index in [-0.39, 0.29) is 17.0 Å². The maximum atomic E-state index is 5.60. The molecule has 1 aliphatic carbocycles. The van der Waals surface area contributed by atoms with Crippen molar-refractivity contribution in [3.63, 3.8) is 0 Å². The quantitative estimate of drug-likeness (QED) is 0.672. The first-order valence-corrected chi connectivity index (χ1v) is 3.44. The summed E-state index contributed by atoms with van der Waals surface area (Å²) in [5, 5.41) is 0. The zero-order valence-corrected chi connectivity index (χ0v) is 7.50. The van der Waals surface area contributed by atoms with Gasteiger partial charge >= 0.3 is 0 Å². The molecule has 58 valence electrons. The predicted molar refractivity (Wildman–Crippen MR) is 46.5 cm³/mol. The van der Waals surface area contributed by atoms with E-state index >= 15 is 0 Å². The van der Waals surface area contributed by atoms with E-state index < -0.39 is 0 Å². The van der Waals surface area contributed by atoms with Crippen molar-refractivity contribution in [2.45, 2.75) is 18.9 Å². The van der Waals surface area contributed by atoms with Gasteiger partial charge in [0.1, 0.15) is 0 Å². The number of hydrogen-bond acceptors (Lipinski definition) is 3. The second kappa shape index (κ2) is 2.78. The standard InChI is InChI=1S/C6H11N3.BrH/c7-6-8-3-4-9(6)5-1-2-5;/h5H,1-4H2,(H2,7,8);1H. The fourth-order valence-electron chi connectivity index (χ4n) is 1.23. The van der Waals surface area contributed by atoms with Crippen molar-refractivity contribution >= 4 is 22.9 Å². The fraction of sp³-hybridized carbons (Fsp3) is 0.833. The van der Waals surface area contributed by atoms with Crippen molar-refractivity contribution in [2.24, 2.45) is 10.7 Å². The average Bonchev–Trinajstić information content (AvgIpc) is 2.58. The Morgan fingerprint density at radius 3 is 2.60 bits per heavy atom. The molecule has 2 rings (SSSR count). The lowest BCUT2D eigenvalue weighted by atomic mass is 10.5. The Kier molecular flexibility index (Phi) is 2.18. The van der Waals surface area contributed by atoms with E-state index in [2.05, 4.69) is 9.89 Å². The maximum absolute atomic E-state index is 5.60. The van der Waals surface area contributed by atoms with E-state index in [4.69, 9.17) is 5.73 Å². The van der Waals surface area contributed by atoms with Crippen molar-refractivity contribution < 1.29 is 0 Å². The zero-order chi connectivity index (χ0) is 6.27. The van der Waals surface area contributed by atoms with Crippen LogP contribution in [-0.4, -0.2) is 30.0 Å². The summed E-state index contributed by atoms with van der Waals surface area (Å²) in [6.45, 7) is 1.96. The molecule has 4 heteroatoms. The van der Waals surface area contributed by atoms with Crippen LogP contribution >= 0.6 is 17.0 Å². The molecule has 0 aromatic carbocycles. The predicted octanol–water partition coefficient (Wildman–Crippen LogP) is 0.357. The highest BCUT2D eigenvalue weighted by atomic mass is 79.9. The molecule has 1 aliphatic heterocycles. The summed E-state index contributed by atoms with van der Waals surface area (Å²) in [5.41, 5.74) is 5.60. The summed E-state index contributed by atoms with van der Waals surface area (Å²) in [4.78, 5) is 6.31. The Hall–Kier alpha value is -0.250. The van der Waals surface area contributed by atoms with Gasteiger partial charge in [0.15, 0.2) is 5.96 Å². The smallest absolute Gasteiger partial charge is 0.191 e. The van der Waals surface area contributed by atoms with Gasteiger partial charge in [0.25, 0.3) is 0 Å². The molecule has 0 atom stereocenters. The summed E-state index contributed by atoms with van der Waals surface area (Å²) in [5.74, 6) is 0.762. The number of hydrogen-bond donors (Lipinski definition) is 1. The first-order chi connectivity index (χ1) is 4.38. The maximum Gasteiger partial charge on any atom is 0.191 e. The molecule has 0 spiro atoms. The minimum atomic E-state index is 0. The highest BCUT2D eigenvalue weighted by Crippen LogP contribution is 2.27. The minimum absolute atomic E-state index is 0. The Morgan fingerprint density at radius 2 is 2.20 bits per heavy atom. The van der Waals surface area contributed by atoms with E-state index in [1.54, 1.807) is 0 Å². The topological polar surface area (TPSA) is 41.6 Å². The van der Waals surface area contributed by atoms with Crippen LogP contribution < -0.4 is 5.73 Å². The molecule has 3 nitrogen and oxygen atoms in total. The Bertz CT molecular complexity index is 153. The first kappa shape index (κ1) is 7.85. The number of nitrogens with two attached hydrogens (primary N) is 1. The van der Waals surface area contributed by atoms with Crippen LogP contribution in [0.5, 0.6) is 0 Å². The van der Waals surface area contributed by atoms with Crippen molar-refractivity contribution in [2.75, 3.05) is 13.1 Å². The molecule has 0 aromatic rings. The normalized spacial score (nSPS) is 24.0. The summed E-state index contributed by atoms with van der Waals surface area (Å²) in [6, 6.07) is 0.747. The molecule has 2 N–H and O–H groups in total. The monoisotopic (exact) mass is 205 g/mol. The highest BCUT2D eigenvalue weighted by Gasteiger charge is 2.31. The van der Waals surface area contributed by atoms with Crippen molar-refractivity contribution in [3.8, 4) is 0 Å². The molecule has 0 unspecified atom stereocenters. The number of rotatable bonds is 1. The van der Waals surface area contributed by atoms with Gasteiger partial charge in [-0.15, -0.1) is 17.0 Å².